The highest BCUT2D eigenvalue weighted by atomic mass is 32.2. The molecule has 0 saturated carbocycles. The van der Waals surface area contributed by atoms with E-state index in [0.29, 0.717) is 5.75 Å². The number of benzene rings is 1. The second-order valence-electron chi connectivity index (χ2n) is 3.54. The standard InChI is InChI=1S/C12H16N2O3S/c1-4-8-14(5-2)18(15,16)12-7-6-10(17-3)9-11(12)13/h1,6-7,9H,5,8,13H2,2-3H3. The first kappa shape index (κ1) is 14.4. The molecule has 1 aromatic carbocycles. The molecule has 0 bridgehead atoms. The van der Waals surface area contributed by atoms with E-state index in [0.717, 1.165) is 0 Å². The summed E-state index contributed by atoms with van der Waals surface area (Å²) in [6.45, 7) is 2.02. The van der Waals surface area contributed by atoms with Crippen LogP contribution < -0.4 is 10.5 Å². The summed E-state index contributed by atoms with van der Waals surface area (Å²) in [7, 11) is -2.17. The maximum atomic E-state index is 12.3. The summed E-state index contributed by atoms with van der Waals surface area (Å²) >= 11 is 0. The smallest absolute Gasteiger partial charge is 0.245 e. The molecule has 1 aromatic rings. The average Bonchev–Trinajstić information content (AvgIpc) is 2.35. The number of hydrogen-bond donors (Lipinski definition) is 1. The number of rotatable bonds is 5. The van der Waals surface area contributed by atoms with Crippen molar-refractivity contribution in [2.75, 3.05) is 25.9 Å². The highest BCUT2D eigenvalue weighted by Gasteiger charge is 2.24. The molecule has 0 aliphatic heterocycles. The molecule has 0 atom stereocenters. The number of nitrogens with two attached hydrogens (primary N) is 1. The molecule has 5 nitrogen and oxygen atoms in total. The molecule has 0 spiro atoms. The minimum absolute atomic E-state index is 0.0182. The maximum Gasteiger partial charge on any atom is 0.245 e. The van der Waals surface area contributed by atoms with Crippen LogP contribution >= 0.6 is 0 Å². The first-order valence-corrected chi connectivity index (χ1v) is 6.78. The van der Waals surface area contributed by atoms with Crippen LogP contribution in [0.4, 0.5) is 5.69 Å². The van der Waals surface area contributed by atoms with Crippen molar-refractivity contribution < 1.29 is 13.2 Å². The molecule has 0 aromatic heterocycles. The lowest BCUT2D eigenvalue weighted by Crippen LogP contribution is -2.31. The highest BCUT2D eigenvalue weighted by molar-refractivity contribution is 7.89. The van der Waals surface area contributed by atoms with Gasteiger partial charge in [0.2, 0.25) is 10.0 Å². The fourth-order valence-electron chi connectivity index (χ4n) is 1.50. The molecule has 0 amide bonds. The molecule has 2 N–H and O–H groups in total. The third-order valence-corrected chi connectivity index (χ3v) is 4.45. The summed E-state index contributed by atoms with van der Waals surface area (Å²) in [5, 5.41) is 0. The number of terminal acetylenes is 1. The molecule has 1 rings (SSSR count). The molecule has 0 unspecified atom stereocenters. The first-order valence-electron chi connectivity index (χ1n) is 5.34. The minimum Gasteiger partial charge on any atom is -0.497 e. The second-order valence-corrected chi connectivity index (χ2v) is 5.45. The summed E-state index contributed by atoms with van der Waals surface area (Å²) in [6, 6.07) is 4.44. The van der Waals surface area contributed by atoms with Crippen LogP contribution in [0.2, 0.25) is 0 Å². The van der Waals surface area contributed by atoms with E-state index in [2.05, 4.69) is 5.92 Å². The Kier molecular flexibility index (Phi) is 4.59. The number of hydrogen-bond acceptors (Lipinski definition) is 4. The Morgan fingerprint density at radius 1 is 1.50 bits per heavy atom. The Morgan fingerprint density at radius 3 is 2.61 bits per heavy atom. The van der Waals surface area contributed by atoms with Gasteiger partial charge >= 0.3 is 0 Å². The largest absolute Gasteiger partial charge is 0.497 e. The van der Waals surface area contributed by atoms with Crippen LogP contribution in [0, 0.1) is 12.3 Å². The normalized spacial score (nSPS) is 11.2. The van der Waals surface area contributed by atoms with E-state index < -0.39 is 10.0 Å². The monoisotopic (exact) mass is 268 g/mol. The molecule has 6 heteroatoms. The topological polar surface area (TPSA) is 72.6 Å². The second kappa shape index (κ2) is 5.76. The van der Waals surface area contributed by atoms with Crippen molar-refractivity contribution in [2.24, 2.45) is 0 Å². The van der Waals surface area contributed by atoms with E-state index in [-0.39, 0.29) is 23.7 Å². The number of nitrogen functional groups attached to an aromatic ring is 1. The number of methoxy groups -OCH3 is 1. The molecule has 0 fully saturated rings. The van der Waals surface area contributed by atoms with Gasteiger partial charge in [0.25, 0.3) is 0 Å². The Morgan fingerprint density at radius 2 is 2.17 bits per heavy atom. The zero-order valence-corrected chi connectivity index (χ0v) is 11.2. The van der Waals surface area contributed by atoms with Gasteiger partial charge in [-0.1, -0.05) is 12.8 Å². The Labute approximate surface area is 108 Å². The predicted octanol–water partition coefficient (Wildman–Crippen LogP) is 0.921. The van der Waals surface area contributed by atoms with E-state index in [9.17, 15) is 8.42 Å². The lowest BCUT2D eigenvalue weighted by molar-refractivity contribution is 0.414. The number of sulfonamides is 1. The van der Waals surface area contributed by atoms with Crippen LogP contribution in [0.1, 0.15) is 6.92 Å². The lowest BCUT2D eigenvalue weighted by Gasteiger charge is -2.19. The Balaban J connectivity index is 3.24. The number of nitrogens with zero attached hydrogens (tertiary/aromatic N) is 1. The number of ether oxygens (including phenoxy) is 1. The van der Waals surface area contributed by atoms with E-state index in [4.69, 9.17) is 16.9 Å². The number of anilines is 1. The van der Waals surface area contributed by atoms with E-state index in [1.807, 2.05) is 0 Å². The third kappa shape index (κ3) is 2.75. The van der Waals surface area contributed by atoms with Gasteiger partial charge in [-0.3, -0.25) is 0 Å². The molecule has 0 radical (unpaired) electrons. The van der Waals surface area contributed by atoms with Crippen LogP contribution in [0.3, 0.4) is 0 Å². The van der Waals surface area contributed by atoms with Gasteiger partial charge in [0, 0.05) is 12.6 Å². The molecule has 0 heterocycles. The summed E-state index contributed by atoms with van der Waals surface area (Å²) in [4.78, 5) is 0.0420. The summed E-state index contributed by atoms with van der Waals surface area (Å²) < 4.78 is 30.7. The van der Waals surface area contributed by atoms with Crippen molar-refractivity contribution in [1.82, 2.24) is 4.31 Å². The molecule has 98 valence electrons. The van der Waals surface area contributed by atoms with Crippen molar-refractivity contribution in [1.29, 1.82) is 0 Å². The van der Waals surface area contributed by atoms with Gasteiger partial charge in [0.15, 0.2) is 0 Å². The third-order valence-electron chi connectivity index (χ3n) is 2.46. The van der Waals surface area contributed by atoms with Gasteiger partial charge in [-0.25, -0.2) is 8.42 Å². The van der Waals surface area contributed by atoms with Crippen LogP contribution in [0.25, 0.3) is 0 Å². The van der Waals surface area contributed by atoms with Gasteiger partial charge in [-0.15, -0.1) is 6.42 Å². The fraction of sp³-hybridized carbons (Fsp3) is 0.333. The predicted molar refractivity (Wildman–Crippen MR) is 70.7 cm³/mol. The fourth-order valence-corrected chi connectivity index (χ4v) is 2.96. The van der Waals surface area contributed by atoms with Crippen molar-refractivity contribution in [3.8, 4) is 18.1 Å². The van der Waals surface area contributed by atoms with Crippen molar-refractivity contribution in [3.63, 3.8) is 0 Å². The van der Waals surface area contributed by atoms with Gasteiger partial charge in [-0.05, 0) is 12.1 Å². The average molecular weight is 268 g/mol. The minimum atomic E-state index is -3.66. The molecule has 0 aliphatic rings. The molecule has 18 heavy (non-hydrogen) atoms. The summed E-state index contributed by atoms with van der Waals surface area (Å²) in [6.07, 6.45) is 5.16. The van der Waals surface area contributed by atoms with Gasteiger partial charge in [0.05, 0.1) is 19.3 Å². The zero-order chi connectivity index (χ0) is 13.8. The Hall–Kier alpha value is -1.71. The maximum absolute atomic E-state index is 12.3. The van der Waals surface area contributed by atoms with E-state index in [1.54, 1.807) is 13.0 Å². The molecule has 0 saturated heterocycles. The van der Waals surface area contributed by atoms with Gasteiger partial charge in [0.1, 0.15) is 10.6 Å². The van der Waals surface area contributed by atoms with Crippen LogP contribution in [0.15, 0.2) is 23.1 Å². The molecular formula is C12H16N2O3S. The van der Waals surface area contributed by atoms with E-state index in [1.165, 1.54) is 23.5 Å². The van der Waals surface area contributed by atoms with Crippen LogP contribution in [0.5, 0.6) is 5.75 Å². The first-order chi connectivity index (χ1) is 8.47. The summed E-state index contributed by atoms with van der Waals surface area (Å²) in [5.41, 5.74) is 5.88. The summed E-state index contributed by atoms with van der Waals surface area (Å²) in [5.74, 6) is 2.82. The van der Waals surface area contributed by atoms with Crippen molar-refractivity contribution in [3.05, 3.63) is 18.2 Å². The van der Waals surface area contributed by atoms with Crippen LogP contribution in [-0.4, -0.2) is 32.9 Å². The van der Waals surface area contributed by atoms with Gasteiger partial charge < -0.3 is 10.5 Å². The van der Waals surface area contributed by atoms with Crippen molar-refractivity contribution >= 4 is 15.7 Å². The van der Waals surface area contributed by atoms with E-state index >= 15 is 0 Å². The van der Waals surface area contributed by atoms with Crippen molar-refractivity contribution in [2.45, 2.75) is 11.8 Å². The van der Waals surface area contributed by atoms with Gasteiger partial charge in [-0.2, -0.15) is 4.31 Å². The lowest BCUT2D eigenvalue weighted by atomic mass is 10.3. The van der Waals surface area contributed by atoms with Crippen LogP contribution in [-0.2, 0) is 10.0 Å². The Bertz CT molecular complexity index is 561. The SMILES string of the molecule is C#CCN(CC)S(=O)(=O)c1ccc(OC)cc1N. The molecule has 0 aliphatic carbocycles. The highest BCUT2D eigenvalue weighted by Crippen LogP contribution is 2.26. The quantitative estimate of drug-likeness (QED) is 0.636. The zero-order valence-electron chi connectivity index (χ0n) is 10.4. The molecular weight excluding hydrogens is 252 g/mol.